The second kappa shape index (κ2) is 8.34. The van der Waals surface area contributed by atoms with E-state index in [-0.39, 0.29) is 24.4 Å². The summed E-state index contributed by atoms with van der Waals surface area (Å²) in [4.78, 5) is 41.3. The summed E-state index contributed by atoms with van der Waals surface area (Å²) in [5.74, 6) is -0.283. The van der Waals surface area contributed by atoms with Gasteiger partial charge in [0.2, 0.25) is 11.8 Å². The Kier molecular flexibility index (Phi) is 5.46. The molecule has 2 aliphatic rings. The first kappa shape index (κ1) is 19.0. The van der Waals surface area contributed by atoms with E-state index in [0.717, 1.165) is 11.1 Å². The lowest BCUT2D eigenvalue weighted by molar-refractivity contribution is -0.152. The van der Waals surface area contributed by atoms with Crippen LogP contribution < -0.4 is 10.6 Å². The molecular formula is C22H24N4O3. The molecule has 2 atom stereocenters. The van der Waals surface area contributed by atoms with Crippen molar-refractivity contribution >= 4 is 17.8 Å². The van der Waals surface area contributed by atoms with Crippen LogP contribution in [0.1, 0.15) is 11.1 Å². The zero-order valence-corrected chi connectivity index (χ0v) is 16.1. The number of piperazine rings is 2. The highest BCUT2D eigenvalue weighted by Crippen LogP contribution is 2.18. The molecule has 0 unspecified atom stereocenters. The fraction of sp³-hybridized carbons (Fsp3) is 0.318. The molecule has 0 radical (unpaired) electrons. The number of carbonyl (C=O) groups excluding carboxylic acids is 3. The van der Waals surface area contributed by atoms with E-state index < -0.39 is 12.1 Å². The molecule has 2 N–H and O–H groups in total. The molecule has 29 heavy (non-hydrogen) atoms. The van der Waals surface area contributed by atoms with E-state index in [2.05, 4.69) is 10.6 Å². The van der Waals surface area contributed by atoms with Gasteiger partial charge in [0.1, 0.15) is 12.1 Å². The molecule has 2 fully saturated rings. The fourth-order valence-electron chi connectivity index (χ4n) is 3.86. The van der Waals surface area contributed by atoms with Crippen LogP contribution in [0.25, 0.3) is 0 Å². The van der Waals surface area contributed by atoms with Gasteiger partial charge in [-0.3, -0.25) is 9.59 Å². The summed E-state index contributed by atoms with van der Waals surface area (Å²) in [6.45, 7) is 1.40. The lowest BCUT2D eigenvalue weighted by atomic mass is 9.99. The zero-order valence-electron chi connectivity index (χ0n) is 16.1. The molecule has 2 saturated heterocycles. The zero-order chi connectivity index (χ0) is 20.2. The predicted molar refractivity (Wildman–Crippen MR) is 108 cm³/mol. The molecule has 4 amide bonds. The number of rotatable bonds is 4. The highest BCUT2D eigenvalue weighted by molar-refractivity contribution is 5.97. The van der Waals surface area contributed by atoms with Crippen LogP contribution in [-0.4, -0.2) is 59.4 Å². The van der Waals surface area contributed by atoms with Crippen LogP contribution in [0.4, 0.5) is 4.79 Å². The normalized spacial score (nSPS) is 21.4. The van der Waals surface area contributed by atoms with Crippen LogP contribution in [-0.2, 0) is 22.6 Å². The van der Waals surface area contributed by atoms with Crippen molar-refractivity contribution in [1.29, 1.82) is 0 Å². The van der Waals surface area contributed by atoms with Gasteiger partial charge in [-0.05, 0) is 11.1 Å². The standard InChI is InChI=1S/C22H24N4O3/c27-20-19-15-25(22(29)23-14-17-9-5-2-6-10-17)11-12-26(19)21(28)18(24-20)13-16-7-3-1-4-8-16/h1-10,18-19H,11-15H2,(H,23,29)(H,24,27)/t18-,19+/m0/s1. The Hall–Kier alpha value is -3.35. The molecule has 0 bridgehead atoms. The molecule has 0 spiro atoms. The SMILES string of the molecule is O=C1N[C@@H](Cc2ccccc2)C(=O)N2CCN(C(=O)NCc3ccccc3)C[C@H]12. The first-order valence-electron chi connectivity index (χ1n) is 9.83. The van der Waals surface area contributed by atoms with Crippen LogP contribution >= 0.6 is 0 Å². The summed E-state index contributed by atoms with van der Waals surface area (Å²) in [6.07, 6.45) is 0.468. The molecule has 7 heteroatoms. The largest absolute Gasteiger partial charge is 0.342 e. The van der Waals surface area contributed by atoms with Crippen LogP contribution in [0.3, 0.4) is 0 Å². The summed E-state index contributed by atoms with van der Waals surface area (Å²) in [7, 11) is 0. The molecular weight excluding hydrogens is 368 g/mol. The van der Waals surface area contributed by atoms with Crippen molar-refractivity contribution < 1.29 is 14.4 Å². The number of nitrogens with zero attached hydrogens (tertiary/aromatic N) is 2. The highest BCUT2D eigenvalue weighted by Gasteiger charge is 2.44. The van der Waals surface area contributed by atoms with Gasteiger partial charge in [-0.1, -0.05) is 60.7 Å². The molecule has 7 nitrogen and oxygen atoms in total. The number of hydrogen-bond donors (Lipinski definition) is 2. The first-order valence-corrected chi connectivity index (χ1v) is 9.83. The molecule has 150 valence electrons. The van der Waals surface area contributed by atoms with Crippen molar-refractivity contribution in [2.24, 2.45) is 0 Å². The van der Waals surface area contributed by atoms with Crippen LogP contribution in [0.2, 0.25) is 0 Å². The quantitative estimate of drug-likeness (QED) is 0.819. The number of fused-ring (bicyclic) bond motifs is 1. The van der Waals surface area contributed by atoms with Gasteiger partial charge in [-0.2, -0.15) is 0 Å². The predicted octanol–water partition coefficient (Wildman–Crippen LogP) is 1.15. The lowest BCUT2D eigenvalue weighted by Gasteiger charge is -2.45. The Morgan fingerprint density at radius 2 is 1.62 bits per heavy atom. The van der Waals surface area contributed by atoms with Crippen molar-refractivity contribution in [1.82, 2.24) is 20.4 Å². The van der Waals surface area contributed by atoms with Crippen molar-refractivity contribution in [3.63, 3.8) is 0 Å². The summed E-state index contributed by atoms with van der Waals surface area (Å²) in [5.41, 5.74) is 2.01. The minimum atomic E-state index is -0.634. The van der Waals surface area contributed by atoms with E-state index in [1.54, 1.807) is 9.80 Å². The molecule has 0 saturated carbocycles. The topological polar surface area (TPSA) is 81.8 Å². The smallest absolute Gasteiger partial charge is 0.317 e. The number of nitrogens with one attached hydrogen (secondary N) is 2. The lowest BCUT2D eigenvalue weighted by Crippen LogP contribution is -2.70. The highest BCUT2D eigenvalue weighted by atomic mass is 16.2. The Morgan fingerprint density at radius 1 is 0.966 bits per heavy atom. The van der Waals surface area contributed by atoms with Gasteiger partial charge in [-0.25, -0.2) is 4.79 Å². The van der Waals surface area contributed by atoms with E-state index in [4.69, 9.17) is 0 Å². The maximum Gasteiger partial charge on any atom is 0.317 e. The monoisotopic (exact) mass is 392 g/mol. The molecule has 2 aromatic rings. The minimum absolute atomic E-state index is 0.0807. The second-order valence-corrected chi connectivity index (χ2v) is 7.39. The molecule has 0 aliphatic carbocycles. The van der Waals surface area contributed by atoms with E-state index >= 15 is 0 Å². The number of amides is 4. The summed E-state index contributed by atoms with van der Waals surface area (Å²) in [6, 6.07) is 17.9. The van der Waals surface area contributed by atoms with Gasteiger partial charge >= 0.3 is 6.03 Å². The summed E-state index contributed by atoms with van der Waals surface area (Å²) < 4.78 is 0. The van der Waals surface area contributed by atoms with Crippen molar-refractivity contribution in [3.8, 4) is 0 Å². The summed E-state index contributed by atoms with van der Waals surface area (Å²) in [5, 5.41) is 5.73. The van der Waals surface area contributed by atoms with Gasteiger partial charge in [0.15, 0.2) is 0 Å². The van der Waals surface area contributed by atoms with E-state index in [9.17, 15) is 14.4 Å². The van der Waals surface area contributed by atoms with Crippen molar-refractivity contribution in [2.75, 3.05) is 19.6 Å². The third-order valence-corrected chi connectivity index (χ3v) is 5.44. The van der Waals surface area contributed by atoms with Crippen LogP contribution in [0.5, 0.6) is 0 Å². The van der Waals surface area contributed by atoms with Crippen molar-refractivity contribution in [2.45, 2.75) is 25.0 Å². The Bertz CT molecular complexity index is 887. The van der Waals surface area contributed by atoms with E-state index in [1.165, 1.54) is 0 Å². The van der Waals surface area contributed by atoms with Crippen LogP contribution in [0, 0.1) is 0 Å². The molecule has 4 rings (SSSR count). The maximum atomic E-state index is 12.9. The van der Waals surface area contributed by atoms with Crippen LogP contribution in [0.15, 0.2) is 60.7 Å². The van der Waals surface area contributed by atoms with Gasteiger partial charge in [0.05, 0.1) is 6.54 Å². The van der Waals surface area contributed by atoms with Gasteiger partial charge in [0.25, 0.3) is 0 Å². The first-order chi connectivity index (χ1) is 14.1. The average Bonchev–Trinajstić information content (AvgIpc) is 2.77. The number of carbonyl (C=O) groups is 3. The molecule has 2 heterocycles. The molecule has 0 aromatic heterocycles. The number of urea groups is 1. The summed E-state index contributed by atoms with van der Waals surface area (Å²) >= 11 is 0. The third-order valence-electron chi connectivity index (χ3n) is 5.44. The Morgan fingerprint density at radius 3 is 2.31 bits per heavy atom. The Labute approximate surface area is 169 Å². The molecule has 2 aromatic carbocycles. The maximum absolute atomic E-state index is 12.9. The second-order valence-electron chi connectivity index (χ2n) is 7.39. The Balaban J connectivity index is 1.36. The van der Waals surface area contributed by atoms with Gasteiger partial charge in [0, 0.05) is 26.1 Å². The average molecular weight is 392 g/mol. The van der Waals surface area contributed by atoms with Gasteiger partial charge in [-0.15, -0.1) is 0 Å². The number of benzene rings is 2. The van der Waals surface area contributed by atoms with E-state index in [0.29, 0.717) is 26.1 Å². The van der Waals surface area contributed by atoms with Crippen molar-refractivity contribution in [3.05, 3.63) is 71.8 Å². The van der Waals surface area contributed by atoms with E-state index in [1.807, 2.05) is 60.7 Å². The minimum Gasteiger partial charge on any atom is -0.342 e. The molecule has 2 aliphatic heterocycles. The third kappa shape index (κ3) is 4.23. The van der Waals surface area contributed by atoms with Gasteiger partial charge < -0.3 is 20.4 Å². The fourth-order valence-corrected chi connectivity index (χ4v) is 3.86. The number of hydrogen-bond acceptors (Lipinski definition) is 3.